The molecule has 1 aromatic carbocycles. The number of nitrogens with zero attached hydrogens (tertiary/aromatic N) is 1. The van der Waals surface area contributed by atoms with Crippen LogP contribution in [0.3, 0.4) is 0 Å². The number of carbonyl (C=O) groups is 1. The second-order valence-corrected chi connectivity index (χ2v) is 4.96. The van der Waals surface area contributed by atoms with Crippen LogP contribution < -0.4 is 0 Å². The molecule has 0 bridgehead atoms. The van der Waals surface area contributed by atoms with Gasteiger partial charge in [0.05, 0.1) is 17.1 Å². The van der Waals surface area contributed by atoms with E-state index < -0.39 is 11.7 Å². The van der Waals surface area contributed by atoms with Crippen molar-refractivity contribution in [3.63, 3.8) is 0 Å². The molecule has 0 saturated carbocycles. The predicted molar refractivity (Wildman–Crippen MR) is 75.3 cm³/mol. The Balaban J connectivity index is 2.69. The average molecular weight is 316 g/mol. The summed E-state index contributed by atoms with van der Waals surface area (Å²) in [4.78, 5) is 11.7. The monoisotopic (exact) mass is 315 g/mol. The predicted octanol–water partition coefficient (Wildman–Crippen LogP) is 4.53. The Morgan fingerprint density at radius 2 is 1.86 bits per heavy atom. The number of hydrogen-bond donors (Lipinski definition) is 0. The molecule has 21 heavy (non-hydrogen) atoms. The molecule has 0 fully saturated rings. The molecular weight excluding hydrogens is 303 g/mol. The van der Waals surface area contributed by atoms with Gasteiger partial charge in [0.2, 0.25) is 0 Å². The first-order valence-electron chi connectivity index (χ1n) is 6.22. The average Bonchev–Trinajstić information content (AvgIpc) is 2.72. The maximum Gasteiger partial charge on any atom is 0.418 e. The van der Waals surface area contributed by atoms with E-state index in [2.05, 4.69) is 0 Å². The number of rotatable bonds is 3. The number of alkyl halides is 4. The fourth-order valence-electron chi connectivity index (χ4n) is 2.40. The van der Waals surface area contributed by atoms with Crippen molar-refractivity contribution in [1.29, 1.82) is 0 Å². The Labute approximate surface area is 125 Å². The third kappa shape index (κ3) is 2.83. The van der Waals surface area contributed by atoms with Crippen LogP contribution in [0.15, 0.2) is 30.3 Å². The van der Waals surface area contributed by atoms with E-state index in [9.17, 15) is 18.0 Å². The summed E-state index contributed by atoms with van der Waals surface area (Å²) in [5.41, 5.74) is 0.622. The first kappa shape index (κ1) is 15.6. The van der Waals surface area contributed by atoms with Crippen LogP contribution >= 0.6 is 11.6 Å². The summed E-state index contributed by atoms with van der Waals surface area (Å²) in [6, 6.07) is 6.85. The van der Waals surface area contributed by atoms with Gasteiger partial charge in [0.15, 0.2) is 5.78 Å². The first-order valence-corrected chi connectivity index (χ1v) is 6.75. The van der Waals surface area contributed by atoms with E-state index in [1.54, 1.807) is 19.9 Å². The highest BCUT2D eigenvalue weighted by atomic mass is 35.5. The van der Waals surface area contributed by atoms with Crippen molar-refractivity contribution >= 4 is 17.4 Å². The zero-order valence-corrected chi connectivity index (χ0v) is 12.2. The van der Waals surface area contributed by atoms with Crippen LogP contribution in [0.5, 0.6) is 0 Å². The number of aryl methyl sites for hydroxylation is 1. The van der Waals surface area contributed by atoms with E-state index in [-0.39, 0.29) is 17.4 Å². The molecule has 0 saturated heterocycles. The summed E-state index contributed by atoms with van der Waals surface area (Å²) in [7, 11) is 0. The fourth-order valence-corrected chi connectivity index (χ4v) is 2.54. The number of ketones is 1. The number of hydrogen-bond acceptors (Lipinski definition) is 1. The molecule has 2 nitrogen and oxygen atoms in total. The third-order valence-electron chi connectivity index (χ3n) is 3.30. The highest BCUT2D eigenvalue weighted by Gasteiger charge is 2.34. The molecule has 2 rings (SSSR count). The van der Waals surface area contributed by atoms with Gasteiger partial charge < -0.3 is 4.57 Å². The SMILES string of the molecule is Cc1cc(C(=O)CCl)c(C)n1-c1ccccc1C(F)(F)F. The molecule has 0 amide bonds. The highest BCUT2D eigenvalue weighted by Crippen LogP contribution is 2.35. The van der Waals surface area contributed by atoms with Crippen LogP contribution in [-0.2, 0) is 6.18 Å². The highest BCUT2D eigenvalue weighted by molar-refractivity contribution is 6.30. The molecule has 1 aromatic heterocycles. The summed E-state index contributed by atoms with van der Waals surface area (Å²) in [5, 5.41) is 0. The van der Waals surface area contributed by atoms with Crippen molar-refractivity contribution in [2.24, 2.45) is 0 Å². The number of carbonyl (C=O) groups excluding carboxylic acids is 1. The molecule has 112 valence electrons. The minimum atomic E-state index is -4.46. The van der Waals surface area contributed by atoms with Crippen LogP contribution in [0.1, 0.15) is 27.3 Å². The Hall–Kier alpha value is -1.75. The molecule has 0 aliphatic rings. The van der Waals surface area contributed by atoms with Gasteiger partial charge in [0.25, 0.3) is 0 Å². The first-order chi connectivity index (χ1) is 9.77. The Kier molecular flexibility index (Phi) is 4.14. The summed E-state index contributed by atoms with van der Waals surface area (Å²) in [6.07, 6.45) is -4.46. The van der Waals surface area contributed by atoms with Gasteiger partial charge in [0.1, 0.15) is 0 Å². The number of benzene rings is 1. The zero-order valence-electron chi connectivity index (χ0n) is 11.5. The van der Waals surface area contributed by atoms with Crippen molar-refractivity contribution in [1.82, 2.24) is 4.57 Å². The number of aromatic nitrogens is 1. The van der Waals surface area contributed by atoms with Gasteiger partial charge in [-0.15, -0.1) is 11.6 Å². The quantitative estimate of drug-likeness (QED) is 0.602. The van der Waals surface area contributed by atoms with Gasteiger partial charge in [-0.25, -0.2) is 0 Å². The van der Waals surface area contributed by atoms with Crippen molar-refractivity contribution in [2.75, 3.05) is 5.88 Å². The van der Waals surface area contributed by atoms with E-state index in [0.717, 1.165) is 6.07 Å². The lowest BCUT2D eigenvalue weighted by atomic mass is 10.1. The van der Waals surface area contributed by atoms with E-state index in [0.29, 0.717) is 17.0 Å². The van der Waals surface area contributed by atoms with Crippen molar-refractivity contribution in [2.45, 2.75) is 20.0 Å². The van der Waals surface area contributed by atoms with Crippen LogP contribution in [0.2, 0.25) is 0 Å². The summed E-state index contributed by atoms with van der Waals surface area (Å²) in [5.74, 6) is -0.508. The molecule has 0 atom stereocenters. The lowest BCUT2D eigenvalue weighted by molar-refractivity contribution is -0.137. The van der Waals surface area contributed by atoms with E-state index in [4.69, 9.17) is 11.6 Å². The van der Waals surface area contributed by atoms with Crippen LogP contribution in [0.4, 0.5) is 13.2 Å². The number of para-hydroxylation sites is 1. The van der Waals surface area contributed by atoms with Gasteiger partial charge in [-0.2, -0.15) is 13.2 Å². The van der Waals surface area contributed by atoms with Gasteiger partial charge >= 0.3 is 6.18 Å². The molecule has 0 aliphatic carbocycles. The molecule has 2 aromatic rings. The Bertz CT molecular complexity index is 689. The van der Waals surface area contributed by atoms with Crippen molar-refractivity contribution in [3.8, 4) is 5.69 Å². The van der Waals surface area contributed by atoms with Crippen LogP contribution in [-0.4, -0.2) is 16.2 Å². The number of halogens is 4. The molecule has 0 radical (unpaired) electrons. The normalized spacial score (nSPS) is 11.7. The fraction of sp³-hybridized carbons (Fsp3) is 0.267. The van der Waals surface area contributed by atoms with Gasteiger partial charge in [-0.3, -0.25) is 4.79 Å². The van der Waals surface area contributed by atoms with E-state index in [1.165, 1.54) is 22.8 Å². The lowest BCUT2D eigenvalue weighted by Gasteiger charge is -2.16. The van der Waals surface area contributed by atoms with E-state index >= 15 is 0 Å². The number of Topliss-reactive ketones (excluding diaryl/α,β-unsaturated/α-hetero) is 1. The van der Waals surface area contributed by atoms with Gasteiger partial charge in [0, 0.05) is 17.0 Å². The second-order valence-electron chi connectivity index (χ2n) is 4.69. The molecule has 6 heteroatoms. The molecule has 0 unspecified atom stereocenters. The third-order valence-corrected chi connectivity index (χ3v) is 3.55. The van der Waals surface area contributed by atoms with Crippen LogP contribution in [0, 0.1) is 13.8 Å². The molecule has 0 N–H and O–H groups in total. The Morgan fingerprint density at radius 1 is 1.24 bits per heavy atom. The summed E-state index contributed by atoms with van der Waals surface area (Å²) in [6.45, 7) is 3.27. The molecule has 1 heterocycles. The maximum absolute atomic E-state index is 13.1. The van der Waals surface area contributed by atoms with Crippen LogP contribution in [0.25, 0.3) is 5.69 Å². The molecule has 0 spiro atoms. The standard InChI is InChI=1S/C15H13ClF3NO/c1-9-7-11(14(21)8-16)10(2)20(9)13-6-4-3-5-12(13)15(17,18)19/h3-7H,8H2,1-2H3. The van der Waals surface area contributed by atoms with Gasteiger partial charge in [-0.1, -0.05) is 12.1 Å². The van der Waals surface area contributed by atoms with Gasteiger partial charge in [-0.05, 0) is 32.0 Å². The van der Waals surface area contributed by atoms with E-state index in [1.807, 2.05) is 0 Å². The molecule has 0 aliphatic heterocycles. The zero-order chi connectivity index (χ0) is 15.8. The summed E-state index contributed by atoms with van der Waals surface area (Å²) < 4.78 is 40.8. The minimum Gasteiger partial charge on any atom is -0.317 e. The molecular formula is C15H13ClF3NO. The lowest BCUT2D eigenvalue weighted by Crippen LogP contribution is -2.12. The van der Waals surface area contributed by atoms with Crippen molar-refractivity contribution < 1.29 is 18.0 Å². The topological polar surface area (TPSA) is 22.0 Å². The smallest absolute Gasteiger partial charge is 0.317 e. The maximum atomic E-state index is 13.1. The van der Waals surface area contributed by atoms with Crippen molar-refractivity contribution in [3.05, 3.63) is 52.8 Å². The summed E-state index contributed by atoms with van der Waals surface area (Å²) >= 11 is 5.53. The minimum absolute atomic E-state index is 0.00798. The largest absolute Gasteiger partial charge is 0.418 e. The second kappa shape index (κ2) is 5.56. The Morgan fingerprint density at radius 3 is 2.43 bits per heavy atom.